The highest BCUT2D eigenvalue weighted by molar-refractivity contribution is 4.89. The van der Waals surface area contributed by atoms with Gasteiger partial charge in [0, 0.05) is 0 Å². The van der Waals surface area contributed by atoms with Crippen LogP contribution in [0.2, 0.25) is 0 Å². The van der Waals surface area contributed by atoms with E-state index in [1.165, 1.54) is 0 Å². The van der Waals surface area contributed by atoms with Crippen LogP contribution in [0.1, 0.15) is 6.92 Å². The van der Waals surface area contributed by atoms with Crippen LogP contribution in [-0.2, 0) is 9.47 Å². The molecule has 0 bridgehead atoms. The van der Waals surface area contributed by atoms with Gasteiger partial charge in [0.15, 0.2) is 6.29 Å². The molecule has 1 aliphatic heterocycles. The molecule has 1 heterocycles. The molecule has 0 aromatic heterocycles. The lowest BCUT2D eigenvalue weighted by molar-refractivity contribution is -0.311. The molecule has 1 rings (SSSR count). The summed E-state index contributed by atoms with van der Waals surface area (Å²) in [6.07, 6.45) is -7.04. The maximum absolute atomic E-state index is 9.54. The van der Waals surface area contributed by atoms with Crippen LogP contribution in [-0.4, -0.2) is 75.6 Å². The second-order valence-electron chi connectivity index (χ2n) is 3.83. The molecule has 0 aromatic rings. The summed E-state index contributed by atoms with van der Waals surface area (Å²) in [5, 5.41) is 46.1. The molecule has 0 aromatic carbocycles. The second-order valence-corrected chi connectivity index (χ2v) is 3.83. The van der Waals surface area contributed by atoms with Crippen molar-refractivity contribution >= 4 is 0 Å². The van der Waals surface area contributed by atoms with Gasteiger partial charge in [-0.15, -0.1) is 0 Å². The van der Waals surface area contributed by atoms with Gasteiger partial charge in [-0.1, -0.05) is 0 Å². The Morgan fingerprint density at radius 3 is 2.25 bits per heavy atom. The van der Waals surface area contributed by atoms with E-state index < -0.39 is 43.4 Å². The van der Waals surface area contributed by atoms with Gasteiger partial charge < -0.3 is 35.0 Å². The van der Waals surface area contributed by atoms with E-state index in [1.54, 1.807) is 6.92 Å². The Kier molecular flexibility index (Phi) is 5.06. The lowest BCUT2D eigenvalue weighted by Crippen LogP contribution is -2.59. The molecule has 0 amide bonds. The number of rotatable bonds is 4. The highest BCUT2D eigenvalue weighted by atomic mass is 16.7. The van der Waals surface area contributed by atoms with Crippen LogP contribution in [0.3, 0.4) is 0 Å². The first-order valence-corrected chi connectivity index (χ1v) is 5.08. The maximum atomic E-state index is 9.54. The fraction of sp³-hybridized carbons (Fsp3) is 1.00. The Labute approximate surface area is 92.9 Å². The summed E-state index contributed by atoms with van der Waals surface area (Å²) in [4.78, 5) is 0. The molecule has 2 unspecified atom stereocenters. The molecule has 0 aliphatic carbocycles. The minimum atomic E-state index is -1.46. The minimum absolute atomic E-state index is 0.269. The third-order valence-electron chi connectivity index (χ3n) is 2.47. The zero-order valence-electron chi connectivity index (χ0n) is 8.93. The van der Waals surface area contributed by atoms with Crippen LogP contribution in [0.25, 0.3) is 0 Å². The van der Waals surface area contributed by atoms with Gasteiger partial charge in [-0.05, 0) is 6.92 Å². The number of aliphatic hydroxyl groups is 5. The summed E-state index contributed by atoms with van der Waals surface area (Å²) in [5.41, 5.74) is 0. The fourth-order valence-electron chi connectivity index (χ4n) is 1.45. The van der Waals surface area contributed by atoms with Crippen LogP contribution >= 0.6 is 0 Å². The first-order valence-electron chi connectivity index (χ1n) is 5.08. The van der Waals surface area contributed by atoms with E-state index in [-0.39, 0.29) is 6.61 Å². The lowest BCUT2D eigenvalue weighted by Gasteiger charge is -2.40. The molecule has 96 valence electrons. The van der Waals surface area contributed by atoms with Gasteiger partial charge in [0.2, 0.25) is 0 Å². The number of hydrogen-bond donors (Lipinski definition) is 5. The van der Waals surface area contributed by atoms with Crippen LogP contribution in [0.15, 0.2) is 0 Å². The SMILES string of the molecule is C[C@@H](CO)O[C@H]1OC(CO)[C@H](O)C(O)[C@H]1O. The van der Waals surface area contributed by atoms with E-state index in [0.29, 0.717) is 0 Å². The summed E-state index contributed by atoms with van der Waals surface area (Å²) >= 11 is 0. The normalized spacial score (nSPS) is 42.0. The monoisotopic (exact) mass is 238 g/mol. The van der Waals surface area contributed by atoms with Crippen molar-refractivity contribution in [3.05, 3.63) is 0 Å². The van der Waals surface area contributed by atoms with Crippen molar-refractivity contribution in [2.24, 2.45) is 0 Å². The van der Waals surface area contributed by atoms with Crippen molar-refractivity contribution in [2.75, 3.05) is 13.2 Å². The van der Waals surface area contributed by atoms with Crippen molar-refractivity contribution < 1.29 is 35.0 Å². The van der Waals surface area contributed by atoms with E-state index in [9.17, 15) is 15.3 Å². The van der Waals surface area contributed by atoms with Crippen molar-refractivity contribution in [3.63, 3.8) is 0 Å². The molecule has 1 saturated heterocycles. The zero-order chi connectivity index (χ0) is 12.3. The van der Waals surface area contributed by atoms with Crippen molar-refractivity contribution in [3.8, 4) is 0 Å². The van der Waals surface area contributed by atoms with Crippen molar-refractivity contribution in [1.82, 2.24) is 0 Å². The molecule has 7 nitrogen and oxygen atoms in total. The van der Waals surface area contributed by atoms with Gasteiger partial charge in [-0.3, -0.25) is 0 Å². The topological polar surface area (TPSA) is 120 Å². The Bertz CT molecular complexity index is 210. The molecule has 6 atom stereocenters. The summed E-state index contributed by atoms with van der Waals surface area (Å²) < 4.78 is 10.2. The molecule has 16 heavy (non-hydrogen) atoms. The largest absolute Gasteiger partial charge is 0.394 e. The molecular formula is C9H18O7. The van der Waals surface area contributed by atoms with Gasteiger partial charge in [0.05, 0.1) is 19.3 Å². The smallest absolute Gasteiger partial charge is 0.187 e. The van der Waals surface area contributed by atoms with Crippen LogP contribution in [0.4, 0.5) is 0 Å². The van der Waals surface area contributed by atoms with Gasteiger partial charge in [0.1, 0.15) is 24.4 Å². The quantitative estimate of drug-likeness (QED) is 0.358. The average Bonchev–Trinajstić information content (AvgIpc) is 2.29. The first kappa shape index (κ1) is 13.8. The molecule has 5 N–H and O–H groups in total. The van der Waals surface area contributed by atoms with Crippen LogP contribution in [0, 0.1) is 0 Å². The van der Waals surface area contributed by atoms with Crippen LogP contribution < -0.4 is 0 Å². The van der Waals surface area contributed by atoms with Gasteiger partial charge in [-0.25, -0.2) is 0 Å². The standard InChI is InChI=1S/C9H18O7/c1-4(2-10)15-9-8(14)7(13)6(12)5(3-11)16-9/h4-14H,2-3H2,1H3/t4-,5?,6-,7?,8+,9-/m0/s1. The Morgan fingerprint density at radius 1 is 1.12 bits per heavy atom. The summed E-state index contributed by atoms with van der Waals surface area (Å²) in [7, 11) is 0. The second kappa shape index (κ2) is 5.87. The summed E-state index contributed by atoms with van der Waals surface area (Å²) in [5.74, 6) is 0. The number of hydrogen-bond acceptors (Lipinski definition) is 7. The summed E-state index contributed by atoms with van der Waals surface area (Å²) in [6.45, 7) is 0.786. The fourth-order valence-corrected chi connectivity index (χ4v) is 1.45. The van der Waals surface area contributed by atoms with E-state index in [1.807, 2.05) is 0 Å². The van der Waals surface area contributed by atoms with Crippen molar-refractivity contribution in [2.45, 2.75) is 43.7 Å². The summed E-state index contributed by atoms with van der Waals surface area (Å²) in [6, 6.07) is 0. The molecule has 0 spiro atoms. The first-order chi connectivity index (χ1) is 7.51. The number of ether oxygens (including phenoxy) is 2. The van der Waals surface area contributed by atoms with E-state index in [4.69, 9.17) is 19.7 Å². The average molecular weight is 238 g/mol. The van der Waals surface area contributed by atoms with Gasteiger partial charge >= 0.3 is 0 Å². The molecule has 0 radical (unpaired) electrons. The molecule has 1 aliphatic rings. The zero-order valence-corrected chi connectivity index (χ0v) is 8.93. The predicted octanol–water partition coefficient (Wildman–Crippen LogP) is -2.82. The van der Waals surface area contributed by atoms with Crippen LogP contribution in [0.5, 0.6) is 0 Å². The highest BCUT2D eigenvalue weighted by Crippen LogP contribution is 2.22. The minimum Gasteiger partial charge on any atom is -0.394 e. The Balaban J connectivity index is 2.63. The maximum Gasteiger partial charge on any atom is 0.187 e. The van der Waals surface area contributed by atoms with E-state index >= 15 is 0 Å². The van der Waals surface area contributed by atoms with Crippen molar-refractivity contribution in [1.29, 1.82) is 0 Å². The highest BCUT2D eigenvalue weighted by Gasteiger charge is 2.44. The van der Waals surface area contributed by atoms with E-state index in [2.05, 4.69) is 0 Å². The Hall–Kier alpha value is -0.280. The van der Waals surface area contributed by atoms with E-state index in [0.717, 1.165) is 0 Å². The predicted molar refractivity (Wildman–Crippen MR) is 51.4 cm³/mol. The van der Waals surface area contributed by atoms with Gasteiger partial charge in [-0.2, -0.15) is 0 Å². The molecular weight excluding hydrogens is 220 g/mol. The molecule has 1 fully saturated rings. The third kappa shape index (κ3) is 2.89. The number of aliphatic hydroxyl groups excluding tert-OH is 5. The molecule has 0 saturated carbocycles. The molecule has 7 heteroatoms. The third-order valence-corrected chi connectivity index (χ3v) is 2.47. The lowest BCUT2D eigenvalue weighted by atomic mass is 9.99. The Morgan fingerprint density at radius 2 is 1.75 bits per heavy atom. The van der Waals surface area contributed by atoms with Gasteiger partial charge in [0.25, 0.3) is 0 Å².